The van der Waals surface area contributed by atoms with Crippen molar-refractivity contribution in [1.82, 2.24) is 19.8 Å². The molecule has 3 heterocycles. The molecule has 43 heavy (non-hydrogen) atoms. The van der Waals surface area contributed by atoms with Gasteiger partial charge >= 0.3 is 6.01 Å². The van der Waals surface area contributed by atoms with Gasteiger partial charge in [0.1, 0.15) is 18.2 Å². The van der Waals surface area contributed by atoms with Crippen LogP contribution in [0.1, 0.15) is 19.3 Å². The van der Waals surface area contributed by atoms with Crippen molar-refractivity contribution < 1.29 is 13.9 Å². The monoisotopic (exact) mass is 598 g/mol. The zero-order valence-electron chi connectivity index (χ0n) is 24.0. The Morgan fingerprint density at radius 2 is 1.98 bits per heavy atom. The first kappa shape index (κ1) is 28.8. The van der Waals surface area contributed by atoms with Crippen LogP contribution in [-0.4, -0.2) is 77.6 Å². The van der Waals surface area contributed by atoms with Crippen LogP contribution in [0.4, 0.5) is 10.2 Å². The number of fused-ring (bicyclic) bond motifs is 2. The maximum atomic E-state index is 16.1. The minimum atomic E-state index is -0.430. The summed E-state index contributed by atoms with van der Waals surface area (Å²) >= 11 is 6.60. The molecule has 1 aromatic heterocycles. The third-order valence-electron chi connectivity index (χ3n) is 8.53. The highest BCUT2D eigenvalue weighted by Crippen LogP contribution is 2.38. The molecule has 8 nitrogen and oxygen atoms in total. The molecule has 2 unspecified atom stereocenters. The fourth-order valence-electron chi connectivity index (χ4n) is 6.24. The van der Waals surface area contributed by atoms with E-state index in [9.17, 15) is 10.1 Å². The summed E-state index contributed by atoms with van der Waals surface area (Å²) in [6.45, 7) is 6.24. The van der Waals surface area contributed by atoms with Crippen LogP contribution in [0.15, 0.2) is 61.2 Å². The fraction of sp³-hybridized carbons (Fsp3) is 0.333. The lowest BCUT2D eigenvalue weighted by Gasteiger charge is -2.41. The van der Waals surface area contributed by atoms with E-state index in [2.05, 4.69) is 24.6 Å². The number of likely N-dealkylation sites (tertiary alicyclic amines) is 1. The molecule has 4 aromatic rings. The average molecular weight is 599 g/mol. The highest BCUT2D eigenvalue weighted by molar-refractivity contribution is 6.36. The van der Waals surface area contributed by atoms with Crippen molar-refractivity contribution in [2.75, 3.05) is 44.7 Å². The van der Waals surface area contributed by atoms with Crippen molar-refractivity contribution in [3.8, 4) is 23.2 Å². The smallest absolute Gasteiger partial charge is 0.319 e. The van der Waals surface area contributed by atoms with Gasteiger partial charge in [0, 0.05) is 47.0 Å². The molecule has 1 amide bonds. The molecule has 2 fully saturated rings. The topological polar surface area (TPSA) is 85.6 Å². The lowest BCUT2D eigenvalue weighted by molar-refractivity contribution is -0.128. The number of benzene rings is 3. The van der Waals surface area contributed by atoms with Gasteiger partial charge in [-0.25, -0.2) is 4.39 Å². The third kappa shape index (κ3) is 5.61. The van der Waals surface area contributed by atoms with Gasteiger partial charge in [-0.2, -0.15) is 15.2 Å². The Hall–Kier alpha value is -4.26. The minimum Gasteiger partial charge on any atom is -0.462 e. The number of aromatic nitrogens is 2. The molecule has 0 radical (unpaired) electrons. The van der Waals surface area contributed by atoms with E-state index in [1.165, 1.54) is 12.1 Å². The lowest BCUT2D eigenvalue weighted by Crippen LogP contribution is -2.55. The number of nitriles is 1. The van der Waals surface area contributed by atoms with Gasteiger partial charge in [0.05, 0.1) is 24.0 Å². The van der Waals surface area contributed by atoms with E-state index in [0.29, 0.717) is 59.1 Å². The van der Waals surface area contributed by atoms with E-state index < -0.39 is 5.82 Å². The quantitative estimate of drug-likeness (QED) is 0.247. The second kappa shape index (κ2) is 12.2. The van der Waals surface area contributed by atoms with Crippen molar-refractivity contribution in [3.63, 3.8) is 0 Å². The molecule has 0 aliphatic carbocycles. The van der Waals surface area contributed by atoms with Gasteiger partial charge in [-0.15, -0.1) is 0 Å². The summed E-state index contributed by atoms with van der Waals surface area (Å²) in [5, 5.41) is 12.2. The van der Waals surface area contributed by atoms with E-state index in [-0.39, 0.29) is 30.4 Å². The SMILES string of the molecule is C=CC(=O)N1CCN(c2nc(OCC3CCCN3C)nc3cc(-c4cccc5cccc(Cl)c45)c(F)cc23)CC1CC#N. The number of carbonyl (C=O) groups is 1. The van der Waals surface area contributed by atoms with Gasteiger partial charge in [-0.1, -0.05) is 48.5 Å². The second-order valence-corrected chi connectivity index (χ2v) is 11.5. The maximum absolute atomic E-state index is 16.1. The number of hydrogen-bond acceptors (Lipinski definition) is 7. The Morgan fingerprint density at radius 1 is 1.16 bits per heavy atom. The molecule has 220 valence electrons. The van der Waals surface area contributed by atoms with Crippen molar-refractivity contribution in [2.45, 2.75) is 31.3 Å². The zero-order chi connectivity index (χ0) is 30.1. The molecular weight excluding hydrogens is 567 g/mol. The van der Waals surface area contributed by atoms with Crippen LogP contribution in [0.25, 0.3) is 32.8 Å². The molecule has 6 rings (SSSR count). The minimum absolute atomic E-state index is 0.150. The van der Waals surface area contributed by atoms with E-state index in [0.717, 1.165) is 30.2 Å². The van der Waals surface area contributed by atoms with Crippen LogP contribution >= 0.6 is 11.6 Å². The summed E-state index contributed by atoms with van der Waals surface area (Å²) in [6.07, 6.45) is 3.56. The van der Waals surface area contributed by atoms with E-state index in [1.807, 2.05) is 35.2 Å². The first-order valence-corrected chi connectivity index (χ1v) is 14.8. The fourth-order valence-corrected chi connectivity index (χ4v) is 6.52. The van der Waals surface area contributed by atoms with Crippen LogP contribution in [-0.2, 0) is 4.79 Å². The van der Waals surface area contributed by atoms with Crippen molar-refractivity contribution >= 4 is 45.0 Å². The normalized spacial score (nSPS) is 19.1. The summed E-state index contributed by atoms with van der Waals surface area (Å²) < 4.78 is 22.2. The molecule has 3 aromatic carbocycles. The molecule has 2 atom stereocenters. The molecule has 0 saturated carbocycles. The largest absolute Gasteiger partial charge is 0.462 e. The summed E-state index contributed by atoms with van der Waals surface area (Å²) in [6, 6.07) is 16.8. The van der Waals surface area contributed by atoms with E-state index in [4.69, 9.17) is 26.3 Å². The molecule has 10 heteroatoms. The number of hydrogen-bond donors (Lipinski definition) is 0. The van der Waals surface area contributed by atoms with Crippen LogP contribution in [0.5, 0.6) is 6.01 Å². The van der Waals surface area contributed by atoms with Gasteiger partial charge < -0.3 is 19.4 Å². The molecule has 2 saturated heterocycles. The third-order valence-corrected chi connectivity index (χ3v) is 8.85. The number of halogens is 2. The van der Waals surface area contributed by atoms with E-state index >= 15 is 4.39 Å². The van der Waals surface area contributed by atoms with Crippen LogP contribution in [0, 0.1) is 17.1 Å². The maximum Gasteiger partial charge on any atom is 0.319 e. The first-order valence-electron chi connectivity index (χ1n) is 14.4. The second-order valence-electron chi connectivity index (χ2n) is 11.1. The van der Waals surface area contributed by atoms with Crippen LogP contribution in [0.3, 0.4) is 0 Å². The Kier molecular flexibility index (Phi) is 8.15. The Bertz CT molecular complexity index is 1750. The van der Waals surface area contributed by atoms with Crippen molar-refractivity contribution in [3.05, 3.63) is 72.0 Å². The van der Waals surface area contributed by atoms with Gasteiger partial charge in [-0.05, 0) is 61.7 Å². The first-order chi connectivity index (χ1) is 20.9. The zero-order valence-corrected chi connectivity index (χ0v) is 24.7. The van der Waals surface area contributed by atoms with Gasteiger partial charge in [-0.3, -0.25) is 4.79 Å². The van der Waals surface area contributed by atoms with Gasteiger partial charge in [0.15, 0.2) is 0 Å². The number of amides is 1. The number of anilines is 1. The standard InChI is InChI=1S/C33H32ClFN6O2/c1-3-30(42)41-16-15-40(19-22(41)12-13-36)32-26-17-28(35)25(24-10-4-7-21-8-5-11-27(34)31(21)24)18-29(26)37-33(38-32)43-20-23-9-6-14-39(23)2/h3-5,7-8,10-11,17-18,22-23H,1,6,9,12,14-16,19-20H2,2H3. The summed E-state index contributed by atoms with van der Waals surface area (Å²) in [5.74, 6) is -0.142. The molecular formula is C33H32ClFN6O2. The van der Waals surface area contributed by atoms with Crippen LogP contribution < -0.4 is 9.64 Å². The molecule has 0 spiro atoms. The summed E-state index contributed by atoms with van der Waals surface area (Å²) in [5.41, 5.74) is 1.58. The number of piperazine rings is 1. The average Bonchev–Trinajstić information content (AvgIpc) is 3.43. The number of rotatable bonds is 7. The van der Waals surface area contributed by atoms with Crippen LogP contribution in [0.2, 0.25) is 5.02 Å². The van der Waals surface area contributed by atoms with Gasteiger partial charge in [0.2, 0.25) is 5.91 Å². The highest BCUT2D eigenvalue weighted by Gasteiger charge is 2.31. The number of carbonyl (C=O) groups excluding carboxylic acids is 1. The molecule has 2 aliphatic heterocycles. The Labute approximate surface area is 254 Å². The number of nitrogens with zero attached hydrogens (tertiary/aromatic N) is 6. The Balaban J connectivity index is 1.45. The number of likely N-dealkylation sites (N-methyl/N-ethyl adjacent to an activating group) is 1. The van der Waals surface area contributed by atoms with Crippen molar-refractivity contribution in [1.29, 1.82) is 5.26 Å². The molecule has 2 aliphatic rings. The van der Waals surface area contributed by atoms with Crippen molar-refractivity contribution in [2.24, 2.45) is 0 Å². The highest BCUT2D eigenvalue weighted by atomic mass is 35.5. The summed E-state index contributed by atoms with van der Waals surface area (Å²) in [7, 11) is 2.08. The predicted octanol–water partition coefficient (Wildman–Crippen LogP) is 5.83. The summed E-state index contributed by atoms with van der Waals surface area (Å²) in [4.78, 5) is 27.9. The number of ether oxygens (including phenoxy) is 1. The van der Waals surface area contributed by atoms with E-state index in [1.54, 1.807) is 17.0 Å². The van der Waals surface area contributed by atoms with Gasteiger partial charge in [0.25, 0.3) is 0 Å². The molecule has 0 N–H and O–H groups in total. The molecule has 0 bridgehead atoms. The lowest BCUT2D eigenvalue weighted by atomic mass is 9.96. The predicted molar refractivity (Wildman–Crippen MR) is 167 cm³/mol. The Morgan fingerprint density at radius 3 is 2.72 bits per heavy atom.